The van der Waals surface area contributed by atoms with Crippen molar-refractivity contribution in [1.82, 2.24) is 0 Å². The molecule has 11 heteroatoms. The first-order valence-electron chi connectivity index (χ1n) is 34.5. The van der Waals surface area contributed by atoms with Crippen LogP contribution < -0.4 is 0 Å². The standard InChI is InChI=1S/2C34H68O4S.Ca/c2*1-3-5-7-9-11-13-15-16-17-18-19-20-22-24-26-28-30-32-34(33-38-39(35,36)37)31-29-27-25-23-21-14-12-10-8-6-4-2;/h2*30,32,34H,3-29,31,33H2,1-2H3,(H,35,36,37);/q;;+2/p-2/b2*32-30+;. The number of rotatable bonds is 64. The first-order chi connectivity index (χ1) is 38.0. The number of unbranched alkanes of at least 4 members (excludes halogenated alkanes) is 50. The SMILES string of the molecule is CCCCCCCCCCCCCCCCC/C=C/C(CCCCCCCCCCCCC)COS(=O)(=O)[O-].CCCCCCCCCCCCCCCCC/C=C/C(CCCCCCCCCCCCC)COS(=O)(=O)[O-].[Ca+2]. The molecule has 0 aliphatic heterocycles. The van der Waals surface area contributed by atoms with Crippen LogP contribution in [0, 0.1) is 11.8 Å². The molecule has 2 atom stereocenters. The summed E-state index contributed by atoms with van der Waals surface area (Å²) in [5.74, 6) is 0.0345. The maximum absolute atomic E-state index is 10.9. The zero-order chi connectivity index (χ0) is 57.4. The molecule has 0 heterocycles. The van der Waals surface area contributed by atoms with E-state index in [2.05, 4.69) is 60.4 Å². The summed E-state index contributed by atoms with van der Waals surface area (Å²) in [5.41, 5.74) is 0. The Labute approximate surface area is 525 Å². The summed E-state index contributed by atoms with van der Waals surface area (Å²) in [6.07, 6.45) is 81.9. The van der Waals surface area contributed by atoms with Gasteiger partial charge in [-0.1, -0.05) is 373 Å². The van der Waals surface area contributed by atoms with Gasteiger partial charge in [0.25, 0.3) is 0 Å². The predicted molar refractivity (Wildman–Crippen MR) is 344 cm³/mol. The maximum atomic E-state index is 10.9. The number of allylic oxidation sites excluding steroid dienone is 2. The molecule has 0 aromatic rings. The van der Waals surface area contributed by atoms with Crippen molar-refractivity contribution in [3.05, 3.63) is 24.3 Å². The van der Waals surface area contributed by atoms with Gasteiger partial charge in [0.05, 0.1) is 13.2 Å². The Hall–Kier alpha value is 0.480. The van der Waals surface area contributed by atoms with Crippen LogP contribution in [-0.4, -0.2) is 76.9 Å². The van der Waals surface area contributed by atoms with Gasteiger partial charge in [-0.3, -0.25) is 8.37 Å². The molecule has 0 saturated heterocycles. The Bertz CT molecular complexity index is 1320. The largest absolute Gasteiger partial charge is 2.00 e. The van der Waals surface area contributed by atoms with Gasteiger partial charge in [0.1, 0.15) is 0 Å². The summed E-state index contributed by atoms with van der Waals surface area (Å²) in [6, 6.07) is 0. The van der Waals surface area contributed by atoms with Gasteiger partial charge in [0.15, 0.2) is 0 Å². The van der Waals surface area contributed by atoms with E-state index in [0.717, 1.165) is 38.5 Å². The van der Waals surface area contributed by atoms with Crippen molar-refractivity contribution >= 4 is 58.5 Å². The predicted octanol–water partition coefficient (Wildman–Crippen LogP) is 22.8. The van der Waals surface area contributed by atoms with E-state index in [9.17, 15) is 25.9 Å². The third kappa shape index (κ3) is 78.5. The summed E-state index contributed by atoms with van der Waals surface area (Å²) < 4.78 is 74.7. The second-order valence-electron chi connectivity index (χ2n) is 23.9. The Kier molecular flexibility index (Phi) is 73.4. The fourth-order valence-corrected chi connectivity index (χ4v) is 11.5. The molecule has 0 rings (SSSR count). The zero-order valence-electron chi connectivity index (χ0n) is 53.3. The van der Waals surface area contributed by atoms with Crippen LogP contribution in [0.25, 0.3) is 0 Å². The van der Waals surface area contributed by atoms with Crippen LogP contribution in [0.15, 0.2) is 24.3 Å². The van der Waals surface area contributed by atoms with E-state index in [-0.39, 0.29) is 62.8 Å². The molecule has 8 nitrogen and oxygen atoms in total. The zero-order valence-corrected chi connectivity index (χ0v) is 57.1. The molecule has 0 radical (unpaired) electrons. The smallest absolute Gasteiger partial charge is 0.726 e. The molecular formula is C68H134CaO8S2. The molecule has 0 aliphatic rings. The summed E-state index contributed by atoms with van der Waals surface area (Å²) in [5, 5.41) is 0. The van der Waals surface area contributed by atoms with Crippen LogP contribution >= 0.6 is 0 Å². The van der Waals surface area contributed by atoms with Crippen LogP contribution in [0.1, 0.15) is 387 Å². The quantitative estimate of drug-likeness (QED) is 0.0193. The van der Waals surface area contributed by atoms with E-state index in [1.807, 2.05) is 0 Å². The van der Waals surface area contributed by atoms with E-state index in [4.69, 9.17) is 0 Å². The Morgan fingerprint density at radius 3 is 0.620 bits per heavy atom. The summed E-state index contributed by atoms with van der Waals surface area (Å²) in [4.78, 5) is 0. The van der Waals surface area contributed by atoms with E-state index < -0.39 is 20.8 Å². The summed E-state index contributed by atoms with van der Waals surface area (Å²) in [7, 11) is -9.24. The van der Waals surface area contributed by atoms with Gasteiger partial charge in [-0.15, -0.1) is 0 Å². The van der Waals surface area contributed by atoms with Gasteiger partial charge in [0.2, 0.25) is 20.8 Å². The van der Waals surface area contributed by atoms with Crippen LogP contribution in [0.4, 0.5) is 0 Å². The number of hydrogen-bond acceptors (Lipinski definition) is 8. The van der Waals surface area contributed by atoms with E-state index in [0.29, 0.717) is 0 Å². The van der Waals surface area contributed by atoms with Crippen molar-refractivity contribution in [3.63, 3.8) is 0 Å². The molecule has 79 heavy (non-hydrogen) atoms. The normalized spacial score (nSPS) is 12.8. The Morgan fingerprint density at radius 2 is 0.443 bits per heavy atom. The van der Waals surface area contributed by atoms with Gasteiger partial charge < -0.3 is 9.11 Å². The molecule has 0 aromatic heterocycles. The molecule has 0 N–H and O–H groups in total. The van der Waals surface area contributed by atoms with Crippen LogP contribution in [0.3, 0.4) is 0 Å². The van der Waals surface area contributed by atoms with Crippen molar-refractivity contribution in [3.8, 4) is 0 Å². The minimum atomic E-state index is -4.62. The van der Waals surface area contributed by atoms with E-state index in [1.165, 1.54) is 321 Å². The molecule has 2 unspecified atom stereocenters. The van der Waals surface area contributed by atoms with Crippen LogP contribution in [-0.2, 0) is 29.2 Å². The fraction of sp³-hybridized carbons (Fsp3) is 0.941. The second kappa shape index (κ2) is 69.3. The van der Waals surface area contributed by atoms with Crippen molar-refractivity contribution in [2.75, 3.05) is 13.2 Å². The third-order valence-corrected chi connectivity index (χ3v) is 16.8. The van der Waals surface area contributed by atoms with Gasteiger partial charge in [-0.25, -0.2) is 16.8 Å². The summed E-state index contributed by atoms with van der Waals surface area (Å²) in [6.45, 7) is 9.04. The molecule has 0 aromatic carbocycles. The monoisotopic (exact) mass is 1180 g/mol. The Morgan fingerprint density at radius 1 is 0.278 bits per heavy atom. The number of hydrogen-bond donors (Lipinski definition) is 0. The van der Waals surface area contributed by atoms with Crippen molar-refractivity contribution in [2.45, 2.75) is 387 Å². The molecule has 0 spiro atoms. The second-order valence-corrected chi connectivity index (χ2v) is 26.0. The maximum Gasteiger partial charge on any atom is 2.00 e. The Balaban J connectivity index is -0.00000144. The van der Waals surface area contributed by atoms with Crippen molar-refractivity contribution in [2.24, 2.45) is 11.8 Å². The average Bonchev–Trinajstić information content (AvgIpc) is 3.41. The molecule has 0 aliphatic carbocycles. The van der Waals surface area contributed by atoms with E-state index >= 15 is 0 Å². The van der Waals surface area contributed by atoms with Gasteiger partial charge in [-0.2, -0.15) is 0 Å². The topological polar surface area (TPSA) is 133 Å². The molecule has 468 valence electrons. The fourth-order valence-electron chi connectivity index (χ4n) is 10.8. The first kappa shape index (κ1) is 83.7. The minimum absolute atomic E-state index is 0. The van der Waals surface area contributed by atoms with Crippen molar-refractivity contribution < 1.29 is 34.3 Å². The van der Waals surface area contributed by atoms with Crippen LogP contribution in [0.2, 0.25) is 0 Å². The van der Waals surface area contributed by atoms with E-state index in [1.54, 1.807) is 0 Å². The third-order valence-electron chi connectivity index (χ3n) is 16.0. The summed E-state index contributed by atoms with van der Waals surface area (Å²) >= 11 is 0. The van der Waals surface area contributed by atoms with Gasteiger partial charge >= 0.3 is 37.7 Å². The average molecular weight is 1180 g/mol. The van der Waals surface area contributed by atoms with Gasteiger partial charge in [0, 0.05) is 11.8 Å². The molecular weight excluding hydrogens is 1050 g/mol. The van der Waals surface area contributed by atoms with Crippen LogP contribution in [0.5, 0.6) is 0 Å². The molecule has 0 saturated carbocycles. The first-order valence-corrected chi connectivity index (χ1v) is 37.2. The molecule has 0 amide bonds. The minimum Gasteiger partial charge on any atom is -0.726 e. The van der Waals surface area contributed by atoms with Crippen molar-refractivity contribution in [1.29, 1.82) is 0 Å². The molecule has 0 bridgehead atoms. The molecule has 0 fully saturated rings. The van der Waals surface area contributed by atoms with Gasteiger partial charge in [-0.05, 0) is 38.5 Å².